The van der Waals surface area contributed by atoms with Crippen LogP contribution in [-0.2, 0) is 0 Å². The monoisotopic (exact) mass is 307 g/mol. The summed E-state index contributed by atoms with van der Waals surface area (Å²) in [7, 11) is 1.59. The Bertz CT molecular complexity index is 454. The number of methoxy groups -OCH3 is 1. The van der Waals surface area contributed by atoms with E-state index in [1.807, 2.05) is 19.9 Å². The number of benzene rings is 1. The van der Waals surface area contributed by atoms with Gasteiger partial charge in [-0.2, -0.15) is 0 Å². The lowest BCUT2D eigenvalue weighted by molar-refractivity contribution is 0.101. The Morgan fingerprint density at radius 2 is 1.82 bits per heavy atom. The number of ether oxygens (including phenoxy) is 2. The van der Waals surface area contributed by atoms with Crippen LogP contribution < -0.4 is 9.47 Å². The number of hydrogen-bond acceptors (Lipinski definition) is 4. The first-order valence-electron chi connectivity index (χ1n) is 8.25. The van der Waals surface area contributed by atoms with Crippen LogP contribution in [0.2, 0.25) is 0 Å². The van der Waals surface area contributed by atoms with Gasteiger partial charge in [-0.3, -0.25) is 9.69 Å². The highest BCUT2D eigenvalue weighted by Crippen LogP contribution is 2.28. The summed E-state index contributed by atoms with van der Waals surface area (Å²) in [6.07, 6.45) is 3.92. The standard InChI is InChI=1S/C16H23NO3.C2H6/c1-13(18)14-6-7-15(16(12-14)19-2)20-11-10-17-8-4-3-5-9-17;1-2/h6-7,12H,3-5,8-11H2,1-2H3;1-2H3. The van der Waals surface area contributed by atoms with Crippen molar-refractivity contribution in [3.63, 3.8) is 0 Å². The predicted octanol–water partition coefficient (Wildman–Crippen LogP) is 3.79. The number of ketones is 1. The molecule has 0 aromatic heterocycles. The quantitative estimate of drug-likeness (QED) is 0.750. The van der Waals surface area contributed by atoms with Crippen molar-refractivity contribution in [3.05, 3.63) is 23.8 Å². The van der Waals surface area contributed by atoms with E-state index in [4.69, 9.17) is 9.47 Å². The lowest BCUT2D eigenvalue weighted by atomic mass is 10.1. The third-order valence-corrected chi connectivity index (χ3v) is 3.68. The minimum atomic E-state index is 0.0307. The molecule has 0 atom stereocenters. The molecule has 1 aliphatic rings. The summed E-state index contributed by atoms with van der Waals surface area (Å²) in [5.41, 5.74) is 0.644. The molecule has 22 heavy (non-hydrogen) atoms. The second-order valence-corrected chi connectivity index (χ2v) is 5.17. The zero-order chi connectivity index (χ0) is 16.4. The highest BCUT2D eigenvalue weighted by Gasteiger charge is 2.11. The fourth-order valence-corrected chi connectivity index (χ4v) is 2.47. The van der Waals surface area contributed by atoms with Crippen molar-refractivity contribution >= 4 is 5.78 Å². The summed E-state index contributed by atoms with van der Waals surface area (Å²) >= 11 is 0. The SMILES string of the molecule is CC.COc1cc(C(C)=O)ccc1OCCN1CCCCC1. The van der Waals surface area contributed by atoms with Gasteiger partial charge in [0.15, 0.2) is 17.3 Å². The van der Waals surface area contributed by atoms with Crippen molar-refractivity contribution in [2.75, 3.05) is 33.4 Å². The molecular weight excluding hydrogens is 278 g/mol. The van der Waals surface area contributed by atoms with Gasteiger partial charge >= 0.3 is 0 Å². The largest absolute Gasteiger partial charge is 0.493 e. The lowest BCUT2D eigenvalue weighted by Crippen LogP contribution is -2.33. The molecule has 1 aromatic rings. The molecule has 0 spiro atoms. The first-order chi connectivity index (χ1) is 10.7. The highest BCUT2D eigenvalue weighted by molar-refractivity contribution is 5.94. The van der Waals surface area contributed by atoms with E-state index in [1.165, 1.54) is 32.4 Å². The first-order valence-corrected chi connectivity index (χ1v) is 8.25. The highest BCUT2D eigenvalue weighted by atomic mass is 16.5. The third kappa shape index (κ3) is 5.68. The van der Waals surface area contributed by atoms with E-state index in [0.29, 0.717) is 23.7 Å². The molecule has 4 heteroatoms. The summed E-state index contributed by atoms with van der Waals surface area (Å²) in [5.74, 6) is 1.36. The van der Waals surface area contributed by atoms with Crippen molar-refractivity contribution in [2.45, 2.75) is 40.0 Å². The fraction of sp³-hybridized carbons (Fsp3) is 0.611. The molecule has 0 aliphatic carbocycles. The van der Waals surface area contributed by atoms with Gasteiger partial charge in [0.2, 0.25) is 0 Å². The minimum Gasteiger partial charge on any atom is -0.493 e. The van der Waals surface area contributed by atoms with Gasteiger partial charge in [-0.05, 0) is 51.1 Å². The van der Waals surface area contributed by atoms with Crippen molar-refractivity contribution in [3.8, 4) is 11.5 Å². The third-order valence-electron chi connectivity index (χ3n) is 3.68. The number of hydrogen-bond donors (Lipinski definition) is 0. The van der Waals surface area contributed by atoms with Crippen LogP contribution in [0, 0.1) is 0 Å². The van der Waals surface area contributed by atoms with Gasteiger partial charge in [0.1, 0.15) is 6.61 Å². The smallest absolute Gasteiger partial charge is 0.161 e. The van der Waals surface area contributed by atoms with E-state index in [-0.39, 0.29) is 5.78 Å². The van der Waals surface area contributed by atoms with Crippen LogP contribution in [0.1, 0.15) is 50.4 Å². The zero-order valence-electron chi connectivity index (χ0n) is 14.4. The van der Waals surface area contributed by atoms with Gasteiger partial charge in [-0.1, -0.05) is 20.3 Å². The Labute approximate surface area is 134 Å². The van der Waals surface area contributed by atoms with Crippen LogP contribution in [0.25, 0.3) is 0 Å². The number of carbonyl (C=O) groups is 1. The van der Waals surface area contributed by atoms with Crippen LogP contribution in [0.15, 0.2) is 18.2 Å². The van der Waals surface area contributed by atoms with Gasteiger partial charge in [0.25, 0.3) is 0 Å². The first kappa shape index (κ1) is 18.5. The number of rotatable bonds is 6. The van der Waals surface area contributed by atoms with Gasteiger partial charge < -0.3 is 9.47 Å². The Morgan fingerprint density at radius 3 is 2.41 bits per heavy atom. The van der Waals surface area contributed by atoms with E-state index >= 15 is 0 Å². The van der Waals surface area contributed by atoms with Crippen molar-refractivity contribution < 1.29 is 14.3 Å². The Hall–Kier alpha value is -1.55. The van der Waals surface area contributed by atoms with E-state index in [2.05, 4.69) is 4.90 Å². The number of carbonyl (C=O) groups excluding carboxylic acids is 1. The summed E-state index contributed by atoms with van der Waals surface area (Å²) in [4.78, 5) is 13.8. The maximum atomic E-state index is 11.3. The molecule has 2 rings (SSSR count). The van der Waals surface area contributed by atoms with Gasteiger partial charge in [0, 0.05) is 12.1 Å². The van der Waals surface area contributed by atoms with Crippen LogP contribution in [0.5, 0.6) is 11.5 Å². The Morgan fingerprint density at radius 1 is 1.14 bits per heavy atom. The molecule has 124 valence electrons. The summed E-state index contributed by atoms with van der Waals surface area (Å²) in [6.45, 7) is 9.48. The van der Waals surface area contributed by atoms with Crippen LogP contribution in [-0.4, -0.2) is 44.0 Å². The van der Waals surface area contributed by atoms with Gasteiger partial charge in [0.05, 0.1) is 7.11 Å². The molecule has 4 nitrogen and oxygen atoms in total. The fourth-order valence-electron chi connectivity index (χ4n) is 2.47. The van der Waals surface area contributed by atoms with Crippen molar-refractivity contribution in [1.82, 2.24) is 4.90 Å². The second kappa shape index (κ2) is 10.2. The van der Waals surface area contributed by atoms with E-state index in [1.54, 1.807) is 26.2 Å². The minimum absolute atomic E-state index is 0.0307. The average molecular weight is 307 g/mol. The number of nitrogens with zero attached hydrogens (tertiary/aromatic N) is 1. The van der Waals surface area contributed by atoms with Crippen LogP contribution in [0.4, 0.5) is 0 Å². The van der Waals surface area contributed by atoms with Crippen LogP contribution in [0.3, 0.4) is 0 Å². The van der Waals surface area contributed by atoms with Gasteiger partial charge in [-0.25, -0.2) is 0 Å². The Balaban J connectivity index is 0.00000116. The van der Waals surface area contributed by atoms with E-state index < -0.39 is 0 Å². The molecule has 0 saturated carbocycles. The molecule has 1 aromatic carbocycles. The maximum absolute atomic E-state index is 11.3. The topological polar surface area (TPSA) is 38.8 Å². The molecule has 0 radical (unpaired) electrons. The lowest BCUT2D eigenvalue weighted by Gasteiger charge is -2.26. The molecule has 1 aliphatic heterocycles. The second-order valence-electron chi connectivity index (χ2n) is 5.17. The average Bonchev–Trinajstić information content (AvgIpc) is 2.57. The molecule has 1 fully saturated rings. The molecule has 0 N–H and O–H groups in total. The normalized spacial score (nSPS) is 14.7. The number of likely N-dealkylation sites (tertiary alicyclic amines) is 1. The summed E-state index contributed by atoms with van der Waals surface area (Å²) < 4.78 is 11.1. The number of Topliss-reactive ketones (excluding diaryl/α,β-unsaturated/α-hetero) is 1. The van der Waals surface area contributed by atoms with Crippen molar-refractivity contribution in [1.29, 1.82) is 0 Å². The summed E-state index contributed by atoms with van der Waals surface area (Å²) in [6, 6.07) is 5.32. The molecule has 0 unspecified atom stereocenters. The molecule has 1 heterocycles. The Kier molecular flexibility index (Phi) is 8.60. The molecular formula is C18H29NO3. The molecule has 0 amide bonds. The maximum Gasteiger partial charge on any atom is 0.161 e. The number of piperidine rings is 1. The van der Waals surface area contributed by atoms with Crippen molar-refractivity contribution in [2.24, 2.45) is 0 Å². The molecule has 0 bridgehead atoms. The summed E-state index contributed by atoms with van der Waals surface area (Å²) in [5, 5.41) is 0. The van der Waals surface area contributed by atoms with Crippen LogP contribution >= 0.6 is 0 Å². The zero-order valence-corrected chi connectivity index (χ0v) is 14.4. The van der Waals surface area contributed by atoms with E-state index in [9.17, 15) is 4.79 Å². The van der Waals surface area contributed by atoms with E-state index in [0.717, 1.165) is 6.54 Å². The predicted molar refractivity (Wildman–Crippen MR) is 90.1 cm³/mol. The van der Waals surface area contributed by atoms with Gasteiger partial charge in [-0.15, -0.1) is 0 Å². The molecule has 1 saturated heterocycles.